The fourth-order valence-corrected chi connectivity index (χ4v) is 4.00. The van der Waals surface area contributed by atoms with Gasteiger partial charge in [-0.15, -0.1) is 0 Å². The van der Waals surface area contributed by atoms with Gasteiger partial charge in [-0.05, 0) is 56.3 Å². The molecule has 0 aromatic heterocycles. The third kappa shape index (κ3) is 4.54. The Morgan fingerprint density at radius 3 is 2.12 bits per heavy atom. The van der Waals surface area contributed by atoms with E-state index in [9.17, 15) is 14.7 Å². The summed E-state index contributed by atoms with van der Waals surface area (Å²) in [5, 5.41) is 10.4. The van der Waals surface area contributed by atoms with Crippen LogP contribution in [0.25, 0.3) is 5.57 Å². The van der Waals surface area contributed by atoms with Crippen LogP contribution in [0.5, 0.6) is 5.75 Å². The van der Waals surface area contributed by atoms with Crippen molar-refractivity contribution in [2.45, 2.75) is 26.5 Å². The van der Waals surface area contributed by atoms with Crippen LogP contribution in [0.15, 0.2) is 54.3 Å². The molecule has 0 unspecified atom stereocenters. The standard InChI is InChI=1S/C25H29N3O4/c1-17(2)32-21-10-6-19(7-11-21)22-23(29)25(31)28(24(22)30)20-8-4-18(5-9-20)16-27-14-12-26(3)13-15-27/h4-11,17,29H,12-16H2,1-3H3. The highest BCUT2D eigenvalue weighted by Crippen LogP contribution is 2.33. The molecular weight excluding hydrogens is 406 g/mol. The lowest BCUT2D eigenvalue weighted by molar-refractivity contribution is -0.121. The van der Waals surface area contributed by atoms with Crippen LogP contribution in [0.2, 0.25) is 0 Å². The number of aliphatic hydroxyl groups is 1. The zero-order valence-corrected chi connectivity index (χ0v) is 18.7. The Morgan fingerprint density at radius 1 is 0.906 bits per heavy atom. The number of imide groups is 1. The maximum absolute atomic E-state index is 13.1. The first-order chi connectivity index (χ1) is 15.3. The average Bonchev–Trinajstić information content (AvgIpc) is 2.99. The first kappa shape index (κ1) is 22.0. The SMILES string of the molecule is CC(C)Oc1ccc(C2=C(O)C(=O)N(c3ccc(CN4CCN(C)CC4)cc3)C2=O)cc1. The monoisotopic (exact) mass is 435 g/mol. The smallest absolute Gasteiger partial charge is 0.301 e. The maximum Gasteiger partial charge on any atom is 0.301 e. The van der Waals surface area contributed by atoms with E-state index in [0.717, 1.165) is 43.2 Å². The number of rotatable bonds is 6. The van der Waals surface area contributed by atoms with E-state index in [2.05, 4.69) is 16.8 Å². The zero-order chi connectivity index (χ0) is 22.8. The van der Waals surface area contributed by atoms with Crippen LogP contribution in [0.4, 0.5) is 5.69 Å². The molecule has 2 aliphatic heterocycles. The van der Waals surface area contributed by atoms with Crippen LogP contribution in [-0.4, -0.2) is 66.1 Å². The number of likely N-dealkylation sites (N-methyl/N-ethyl adjacent to an activating group) is 1. The van der Waals surface area contributed by atoms with Crippen molar-refractivity contribution in [3.8, 4) is 5.75 Å². The summed E-state index contributed by atoms with van der Waals surface area (Å²) >= 11 is 0. The summed E-state index contributed by atoms with van der Waals surface area (Å²) < 4.78 is 5.62. The Kier molecular flexibility index (Phi) is 6.30. The van der Waals surface area contributed by atoms with Crippen LogP contribution in [0.3, 0.4) is 0 Å². The number of benzene rings is 2. The molecule has 0 aliphatic carbocycles. The third-order valence-corrected chi connectivity index (χ3v) is 5.77. The second-order valence-electron chi connectivity index (χ2n) is 8.61. The molecule has 0 radical (unpaired) electrons. The highest BCUT2D eigenvalue weighted by molar-refractivity contribution is 6.44. The van der Waals surface area contributed by atoms with Gasteiger partial charge in [-0.25, -0.2) is 4.90 Å². The fourth-order valence-electron chi connectivity index (χ4n) is 4.00. The van der Waals surface area contributed by atoms with Crippen molar-refractivity contribution in [2.24, 2.45) is 0 Å². The molecule has 2 heterocycles. The Bertz CT molecular complexity index is 1020. The number of carbonyl (C=O) groups excluding carboxylic acids is 2. The summed E-state index contributed by atoms with van der Waals surface area (Å²) in [5.41, 5.74) is 2.05. The molecule has 2 amide bonds. The number of hydrogen-bond donors (Lipinski definition) is 1. The van der Waals surface area contributed by atoms with Crippen molar-refractivity contribution in [1.82, 2.24) is 9.80 Å². The average molecular weight is 436 g/mol. The van der Waals surface area contributed by atoms with Crippen molar-refractivity contribution in [3.63, 3.8) is 0 Å². The minimum absolute atomic E-state index is 0.00705. The van der Waals surface area contributed by atoms with Crippen molar-refractivity contribution in [1.29, 1.82) is 0 Å². The molecule has 0 bridgehead atoms. The summed E-state index contributed by atoms with van der Waals surface area (Å²) in [6.45, 7) is 8.81. The lowest BCUT2D eigenvalue weighted by Crippen LogP contribution is -2.43. The molecule has 0 atom stereocenters. The van der Waals surface area contributed by atoms with E-state index < -0.39 is 17.6 Å². The van der Waals surface area contributed by atoms with Crippen LogP contribution >= 0.6 is 0 Å². The van der Waals surface area contributed by atoms with Crippen LogP contribution in [-0.2, 0) is 16.1 Å². The van der Waals surface area contributed by atoms with Gasteiger partial charge in [0.05, 0.1) is 17.4 Å². The van der Waals surface area contributed by atoms with Crippen molar-refractivity contribution < 1.29 is 19.4 Å². The Balaban J connectivity index is 1.48. The van der Waals surface area contributed by atoms with Crippen molar-refractivity contribution in [2.75, 3.05) is 38.1 Å². The summed E-state index contributed by atoms with van der Waals surface area (Å²) in [6, 6.07) is 14.2. The highest BCUT2D eigenvalue weighted by Gasteiger charge is 2.40. The molecule has 1 fully saturated rings. The number of hydrogen-bond acceptors (Lipinski definition) is 6. The Labute approximate surface area is 188 Å². The van der Waals surface area contributed by atoms with E-state index in [1.807, 2.05) is 26.0 Å². The van der Waals surface area contributed by atoms with E-state index >= 15 is 0 Å². The summed E-state index contributed by atoms with van der Waals surface area (Å²) in [4.78, 5) is 31.5. The van der Waals surface area contributed by atoms with Gasteiger partial charge < -0.3 is 14.7 Å². The topological polar surface area (TPSA) is 73.3 Å². The molecule has 2 aliphatic rings. The van der Waals surface area contributed by atoms with Gasteiger partial charge in [-0.3, -0.25) is 14.5 Å². The van der Waals surface area contributed by atoms with Crippen molar-refractivity contribution in [3.05, 3.63) is 65.4 Å². The predicted molar refractivity (Wildman–Crippen MR) is 123 cm³/mol. The number of amides is 2. The number of aliphatic hydroxyl groups excluding tert-OH is 1. The first-order valence-electron chi connectivity index (χ1n) is 10.9. The van der Waals surface area contributed by atoms with Gasteiger partial charge in [-0.2, -0.15) is 0 Å². The van der Waals surface area contributed by atoms with Crippen LogP contribution in [0.1, 0.15) is 25.0 Å². The predicted octanol–water partition coefficient (Wildman–Crippen LogP) is 3.06. The fraction of sp³-hybridized carbons (Fsp3) is 0.360. The molecule has 168 valence electrons. The molecule has 1 N–H and O–H groups in total. The molecule has 1 saturated heterocycles. The normalized spacial score (nSPS) is 18.2. The van der Waals surface area contributed by atoms with Gasteiger partial charge in [-0.1, -0.05) is 24.3 Å². The number of nitrogens with zero attached hydrogens (tertiary/aromatic N) is 3. The number of ether oxygens (including phenoxy) is 1. The van der Waals surface area contributed by atoms with Gasteiger partial charge in [0.2, 0.25) is 0 Å². The minimum Gasteiger partial charge on any atom is -0.502 e. The van der Waals surface area contributed by atoms with Gasteiger partial charge >= 0.3 is 5.91 Å². The van der Waals surface area contributed by atoms with Crippen LogP contribution in [0, 0.1) is 0 Å². The maximum atomic E-state index is 13.1. The highest BCUT2D eigenvalue weighted by atomic mass is 16.5. The van der Waals surface area contributed by atoms with Crippen LogP contribution < -0.4 is 9.64 Å². The molecule has 7 nitrogen and oxygen atoms in total. The largest absolute Gasteiger partial charge is 0.502 e. The van der Waals surface area contributed by atoms with Gasteiger partial charge in [0.15, 0.2) is 5.76 Å². The number of carbonyl (C=O) groups is 2. The van der Waals surface area contributed by atoms with E-state index in [-0.39, 0.29) is 11.7 Å². The van der Waals surface area contributed by atoms with E-state index in [0.29, 0.717) is 17.0 Å². The lowest BCUT2D eigenvalue weighted by Gasteiger charge is -2.32. The van der Waals surface area contributed by atoms with Gasteiger partial charge in [0.25, 0.3) is 5.91 Å². The third-order valence-electron chi connectivity index (χ3n) is 5.77. The molecular formula is C25H29N3O4. The second-order valence-corrected chi connectivity index (χ2v) is 8.61. The Hall–Kier alpha value is -3.16. The number of piperazine rings is 1. The zero-order valence-electron chi connectivity index (χ0n) is 18.7. The first-order valence-corrected chi connectivity index (χ1v) is 10.9. The lowest BCUT2D eigenvalue weighted by atomic mass is 10.1. The molecule has 0 saturated carbocycles. The molecule has 32 heavy (non-hydrogen) atoms. The molecule has 4 rings (SSSR count). The summed E-state index contributed by atoms with van der Waals surface area (Å²) in [6.07, 6.45) is 0.0258. The quantitative estimate of drug-likeness (QED) is 0.703. The second kappa shape index (κ2) is 9.14. The van der Waals surface area contributed by atoms with E-state index in [1.54, 1.807) is 36.4 Å². The summed E-state index contributed by atoms with van der Waals surface area (Å²) in [7, 11) is 2.13. The van der Waals surface area contributed by atoms with Gasteiger partial charge in [0, 0.05) is 32.7 Å². The summed E-state index contributed by atoms with van der Waals surface area (Å²) in [5.74, 6) is -1.11. The van der Waals surface area contributed by atoms with Gasteiger partial charge in [0.1, 0.15) is 5.75 Å². The van der Waals surface area contributed by atoms with E-state index in [4.69, 9.17) is 4.74 Å². The van der Waals surface area contributed by atoms with E-state index in [1.165, 1.54) is 0 Å². The molecule has 0 spiro atoms. The molecule has 2 aromatic rings. The van der Waals surface area contributed by atoms with Crippen molar-refractivity contribution >= 4 is 23.1 Å². The minimum atomic E-state index is -0.709. The number of anilines is 1. The molecule has 2 aromatic carbocycles. The molecule has 7 heteroatoms. The Morgan fingerprint density at radius 2 is 1.53 bits per heavy atom.